The van der Waals surface area contributed by atoms with E-state index in [4.69, 9.17) is 5.73 Å². The van der Waals surface area contributed by atoms with E-state index in [-0.39, 0.29) is 0 Å². The summed E-state index contributed by atoms with van der Waals surface area (Å²) in [5.74, 6) is 0. The Kier molecular flexibility index (Phi) is 2.01. The summed E-state index contributed by atoms with van der Waals surface area (Å²) in [4.78, 5) is 0. The van der Waals surface area contributed by atoms with Crippen LogP contribution in [0.1, 0.15) is 5.56 Å². The molecule has 0 saturated heterocycles. The van der Waals surface area contributed by atoms with Crippen molar-refractivity contribution in [2.45, 2.75) is 6.42 Å². The zero-order valence-corrected chi connectivity index (χ0v) is 7.34. The van der Waals surface area contributed by atoms with Crippen LogP contribution in [0, 0.1) is 0 Å². The molecule has 0 aliphatic heterocycles. The molecule has 3 nitrogen and oxygen atoms in total. The Labute approximate surface area is 74.4 Å². The van der Waals surface area contributed by atoms with Crippen molar-refractivity contribution in [3.63, 3.8) is 0 Å². The van der Waals surface area contributed by atoms with Crippen molar-refractivity contribution in [3.8, 4) is 0 Å². The van der Waals surface area contributed by atoms with Gasteiger partial charge in [-0.3, -0.25) is 0 Å². The summed E-state index contributed by atoms with van der Waals surface area (Å²) < 4.78 is 5.03. The topological polar surface area (TPSA) is 51.8 Å². The maximum Gasteiger partial charge on any atom is 0.109 e. The molecule has 2 rings (SSSR count). The van der Waals surface area contributed by atoms with Gasteiger partial charge in [0.2, 0.25) is 0 Å². The highest BCUT2D eigenvalue weighted by Crippen LogP contribution is 2.18. The molecule has 2 aromatic rings. The zero-order valence-electron chi connectivity index (χ0n) is 6.53. The van der Waals surface area contributed by atoms with Crippen molar-refractivity contribution in [2.75, 3.05) is 6.54 Å². The number of benzene rings is 1. The minimum atomic E-state index is 0.663. The molecule has 0 aliphatic carbocycles. The van der Waals surface area contributed by atoms with Crippen molar-refractivity contribution in [1.82, 2.24) is 9.59 Å². The average Bonchev–Trinajstić information content (AvgIpc) is 2.53. The smallest absolute Gasteiger partial charge is 0.109 e. The Morgan fingerprint density at radius 1 is 1.42 bits per heavy atom. The van der Waals surface area contributed by atoms with E-state index in [1.54, 1.807) is 0 Å². The van der Waals surface area contributed by atoms with Gasteiger partial charge in [0.1, 0.15) is 5.52 Å². The fourth-order valence-corrected chi connectivity index (χ4v) is 1.83. The SMILES string of the molecule is NCCc1cccc2snnc12. The second-order valence-electron chi connectivity index (χ2n) is 2.58. The van der Waals surface area contributed by atoms with E-state index in [2.05, 4.69) is 15.7 Å². The molecule has 0 radical (unpaired) electrons. The number of rotatable bonds is 2. The van der Waals surface area contributed by atoms with E-state index in [0.29, 0.717) is 6.54 Å². The van der Waals surface area contributed by atoms with E-state index in [0.717, 1.165) is 16.6 Å². The molecule has 0 unspecified atom stereocenters. The summed E-state index contributed by atoms with van der Waals surface area (Å²) >= 11 is 1.43. The van der Waals surface area contributed by atoms with Gasteiger partial charge in [0, 0.05) is 0 Å². The molecule has 12 heavy (non-hydrogen) atoms. The average molecular weight is 179 g/mol. The second kappa shape index (κ2) is 3.16. The molecule has 0 fully saturated rings. The van der Waals surface area contributed by atoms with Crippen LogP contribution >= 0.6 is 11.5 Å². The maximum atomic E-state index is 5.48. The van der Waals surface area contributed by atoms with Crippen LogP contribution in [0.5, 0.6) is 0 Å². The fraction of sp³-hybridized carbons (Fsp3) is 0.250. The summed E-state index contributed by atoms with van der Waals surface area (Å²) in [7, 11) is 0. The van der Waals surface area contributed by atoms with Crippen molar-refractivity contribution in [1.29, 1.82) is 0 Å². The molecule has 0 atom stereocenters. The Morgan fingerprint density at radius 2 is 2.33 bits per heavy atom. The predicted octanol–water partition coefficient (Wildman–Crippen LogP) is 1.19. The number of nitrogens with zero attached hydrogens (tertiary/aromatic N) is 2. The molecule has 2 N–H and O–H groups in total. The molecule has 1 aromatic heterocycles. The van der Waals surface area contributed by atoms with Gasteiger partial charge in [-0.05, 0) is 36.1 Å². The Balaban J connectivity index is 2.57. The lowest BCUT2D eigenvalue weighted by Gasteiger charge is -1.96. The van der Waals surface area contributed by atoms with Gasteiger partial charge in [-0.25, -0.2) is 0 Å². The normalized spacial score (nSPS) is 10.8. The highest BCUT2D eigenvalue weighted by molar-refractivity contribution is 7.12. The number of hydrogen-bond acceptors (Lipinski definition) is 4. The third-order valence-electron chi connectivity index (χ3n) is 1.78. The Bertz CT molecular complexity index is 382. The number of nitrogens with two attached hydrogens (primary N) is 1. The summed E-state index contributed by atoms with van der Waals surface area (Å²) in [6, 6.07) is 6.10. The van der Waals surface area contributed by atoms with Crippen LogP contribution in [0.3, 0.4) is 0 Å². The quantitative estimate of drug-likeness (QED) is 0.753. The number of fused-ring (bicyclic) bond motifs is 1. The largest absolute Gasteiger partial charge is 0.330 e. The number of hydrogen-bond donors (Lipinski definition) is 1. The van der Waals surface area contributed by atoms with E-state index < -0.39 is 0 Å². The van der Waals surface area contributed by atoms with Gasteiger partial charge in [0.05, 0.1) is 4.70 Å². The summed E-state index contributed by atoms with van der Waals surface area (Å²) in [6.07, 6.45) is 0.878. The van der Waals surface area contributed by atoms with Crippen LogP contribution in [0.4, 0.5) is 0 Å². The molecule has 0 bridgehead atoms. The highest BCUT2D eigenvalue weighted by Gasteiger charge is 2.02. The van der Waals surface area contributed by atoms with Gasteiger partial charge in [0.25, 0.3) is 0 Å². The first-order valence-electron chi connectivity index (χ1n) is 3.82. The van der Waals surface area contributed by atoms with Crippen LogP contribution in [0.25, 0.3) is 10.2 Å². The third-order valence-corrected chi connectivity index (χ3v) is 2.47. The second-order valence-corrected chi connectivity index (χ2v) is 3.36. The third kappa shape index (κ3) is 1.19. The predicted molar refractivity (Wildman–Crippen MR) is 50.2 cm³/mol. The van der Waals surface area contributed by atoms with Gasteiger partial charge in [-0.15, -0.1) is 5.10 Å². The van der Waals surface area contributed by atoms with Crippen LogP contribution in [0.15, 0.2) is 18.2 Å². The van der Waals surface area contributed by atoms with Crippen LogP contribution < -0.4 is 5.73 Å². The summed E-state index contributed by atoms with van der Waals surface area (Å²) in [6.45, 7) is 0.663. The molecule has 1 aromatic carbocycles. The first kappa shape index (κ1) is 7.64. The molecule has 0 saturated carbocycles. The monoisotopic (exact) mass is 179 g/mol. The van der Waals surface area contributed by atoms with Gasteiger partial charge in [0.15, 0.2) is 0 Å². The lowest BCUT2D eigenvalue weighted by molar-refractivity contribution is 0.971. The van der Waals surface area contributed by atoms with Crippen LogP contribution in [0.2, 0.25) is 0 Å². The molecule has 62 valence electrons. The van der Waals surface area contributed by atoms with Crippen LogP contribution in [-0.4, -0.2) is 16.1 Å². The Hall–Kier alpha value is -1.00. The lowest BCUT2D eigenvalue weighted by atomic mass is 10.1. The van der Waals surface area contributed by atoms with Gasteiger partial charge in [-0.2, -0.15) is 0 Å². The minimum Gasteiger partial charge on any atom is -0.330 e. The summed E-state index contributed by atoms with van der Waals surface area (Å²) in [5, 5.41) is 4.05. The molecule has 0 aliphatic rings. The summed E-state index contributed by atoms with van der Waals surface area (Å²) in [5.41, 5.74) is 7.68. The van der Waals surface area contributed by atoms with E-state index in [1.165, 1.54) is 17.1 Å². The molecular weight excluding hydrogens is 170 g/mol. The zero-order chi connectivity index (χ0) is 8.39. The molecule has 0 spiro atoms. The van der Waals surface area contributed by atoms with Gasteiger partial charge in [-0.1, -0.05) is 16.6 Å². The first-order valence-corrected chi connectivity index (χ1v) is 4.59. The standard InChI is InChI=1S/C8H9N3S/c9-5-4-6-2-1-3-7-8(6)10-11-12-7/h1-3H,4-5,9H2. The van der Waals surface area contributed by atoms with Gasteiger partial charge >= 0.3 is 0 Å². The van der Waals surface area contributed by atoms with E-state index in [1.807, 2.05) is 12.1 Å². The molecule has 1 heterocycles. The van der Waals surface area contributed by atoms with Crippen molar-refractivity contribution >= 4 is 21.7 Å². The number of aromatic nitrogens is 2. The van der Waals surface area contributed by atoms with E-state index in [9.17, 15) is 0 Å². The lowest BCUT2D eigenvalue weighted by Crippen LogP contribution is -2.02. The fourth-order valence-electron chi connectivity index (χ4n) is 1.22. The first-order chi connectivity index (χ1) is 5.92. The molecule has 4 heteroatoms. The minimum absolute atomic E-state index is 0.663. The van der Waals surface area contributed by atoms with Crippen molar-refractivity contribution in [3.05, 3.63) is 23.8 Å². The van der Waals surface area contributed by atoms with Gasteiger partial charge < -0.3 is 5.73 Å². The maximum absolute atomic E-state index is 5.48. The van der Waals surface area contributed by atoms with Crippen molar-refractivity contribution < 1.29 is 0 Å². The Morgan fingerprint density at radius 3 is 3.17 bits per heavy atom. The van der Waals surface area contributed by atoms with Crippen LogP contribution in [-0.2, 0) is 6.42 Å². The molecule has 0 amide bonds. The molecular formula is C8H9N3S. The van der Waals surface area contributed by atoms with E-state index >= 15 is 0 Å². The van der Waals surface area contributed by atoms with Crippen molar-refractivity contribution in [2.24, 2.45) is 5.73 Å². The highest BCUT2D eigenvalue weighted by atomic mass is 32.1.